The van der Waals surface area contributed by atoms with Crippen molar-refractivity contribution in [3.8, 4) is 5.75 Å². The maximum absolute atomic E-state index is 11.6. The van der Waals surface area contributed by atoms with E-state index in [-0.39, 0.29) is 17.5 Å². The molecule has 19 heavy (non-hydrogen) atoms. The Morgan fingerprint density at radius 2 is 2.26 bits per heavy atom. The van der Waals surface area contributed by atoms with Crippen LogP contribution in [-0.2, 0) is 4.79 Å². The van der Waals surface area contributed by atoms with Crippen molar-refractivity contribution in [2.75, 3.05) is 11.9 Å². The molecule has 0 bridgehead atoms. The van der Waals surface area contributed by atoms with Gasteiger partial charge in [0.15, 0.2) is 6.61 Å². The number of hydrogen-bond donors (Lipinski definition) is 2. The lowest BCUT2D eigenvalue weighted by molar-refractivity contribution is -0.118. The molecule has 2 rings (SSSR count). The molecule has 0 aliphatic rings. The summed E-state index contributed by atoms with van der Waals surface area (Å²) in [5, 5.41) is 9.76. The Morgan fingerprint density at radius 1 is 1.47 bits per heavy atom. The standard InChI is InChI=1S/C10H9N5O2S2/c11-9(18)6-3-1-2-4-7(6)17-5-8(16)12-10-13-14-15-19-10/h1-4H,5H2,(H2,11,18)(H,12,13,15,16). The zero-order valence-electron chi connectivity index (χ0n) is 9.57. The van der Waals surface area contributed by atoms with E-state index in [2.05, 4.69) is 20.1 Å². The number of amides is 1. The Morgan fingerprint density at radius 3 is 2.95 bits per heavy atom. The number of carbonyl (C=O) groups is 1. The molecule has 0 saturated heterocycles. The van der Waals surface area contributed by atoms with Crippen LogP contribution in [0.2, 0.25) is 0 Å². The fraction of sp³-hybridized carbons (Fsp3) is 0.100. The fourth-order valence-electron chi connectivity index (χ4n) is 1.28. The van der Waals surface area contributed by atoms with Crippen LogP contribution in [0.3, 0.4) is 0 Å². The van der Waals surface area contributed by atoms with Crippen molar-refractivity contribution < 1.29 is 9.53 Å². The normalized spacial score (nSPS) is 9.89. The number of thiocarbonyl (C=S) groups is 1. The molecule has 7 nitrogen and oxygen atoms in total. The Balaban J connectivity index is 1.95. The maximum Gasteiger partial charge on any atom is 0.264 e. The Labute approximate surface area is 117 Å². The number of carbonyl (C=O) groups excluding carboxylic acids is 1. The van der Waals surface area contributed by atoms with E-state index in [1.807, 2.05) is 0 Å². The molecule has 0 atom stereocenters. The molecule has 2 aromatic rings. The number of rotatable bonds is 5. The minimum absolute atomic E-state index is 0.181. The van der Waals surface area contributed by atoms with E-state index in [4.69, 9.17) is 22.7 Å². The molecule has 0 fully saturated rings. The number of nitrogens with two attached hydrogens (primary N) is 1. The van der Waals surface area contributed by atoms with Crippen LogP contribution in [0.4, 0.5) is 5.13 Å². The summed E-state index contributed by atoms with van der Waals surface area (Å²) in [4.78, 5) is 11.8. The van der Waals surface area contributed by atoms with E-state index in [9.17, 15) is 4.79 Å². The molecule has 1 amide bonds. The molecule has 0 spiro atoms. The summed E-state index contributed by atoms with van der Waals surface area (Å²) >= 11 is 5.88. The average molecular weight is 295 g/mol. The molecule has 0 aliphatic heterocycles. The third-order valence-corrected chi connectivity index (χ3v) is 2.79. The Kier molecular flexibility index (Phi) is 4.31. The van der Waals surface area contributed by atoms with Gasteiger partial charge in [-0.05, 0) is 17.3 Å². The van der Waals surface area contributed by atoms with E-state index < -0.39 is 0 Å². The van der Waals surface area contributed by atoms with Gasteiger partial charge in [-0.2, -0.15) is 0 Å². The molecule has 3 N–H and O–H groups in total. The van der Waals surface area contributed by atoms with Crippen molar-refractivity contribution in [3.05, 3.63) is 29.8 Å². The van der Waals surface area contributed by atoms with Crippen LogP contribution in [0, 0.1) is 0 Å². The molecule has 0 radical (unpaired) electrons. The van der Waals surface area contributed by atoms with Gasteiger partial charge in [0.2, 0.25) is 5.13 Å². The van der Waals surface area contributed by atoms with Gasteiger partial charge in [-0.3, -0.25) is 10.1 Å². The van der Waals surface area contributed by atoms with E-state index in [0.29, 0.717) is 16.4 Å². The molecule has 98 valence electrons. The smallest absolute Gasteiger partial charge is 0.264 e. The molecule has 0 aliphatic carbocycles. The number of ether oxygens (including phenoxy) is 1. The van der Waals surface area contributed by atoms with Crippen molar-refractivity contribution in [1.29, 1.82) is 0 Å². The summed E-state index contributed by atoms with van der Waals surface area (Å²) in [5.74, 6) is 0.0943. The largest absolute Gasteiger partial charge is 0.483 e. The van der Waals surface area contributed by atoms with Gasteiger partial charge in [0.25, 0.3) is 5.91 Å². The van der Waals surface area contributed by atoms with Crippen molar-refractivity contribution in [2.45, 2.75) is 0 Å². The molecule has 1 aromatic carbocycles. The lowest BCUT2D eigenvalue weighted by Crippen LogP contribution is -2.21. The topological polar surface area (TPSA) is 103 Å². The summed E-state index contributed by atoms with van der Waals surface area (Å²) in [5.41, 5.74) is 6.14. The van der Waals surface area contributed by atoms with Crippen LogP contribution in [-0.4, -0.2) is 32.3 Å². The third kappa shape index (κ3) is 3.66. The second-order valence-electron chi connectivity index (χ2n) is 3.36. The monoisotopic (exact) mass is 295 g/mol. The summed E-state index contributed by atoms with van der Waals surface area (Å²) in [6.07, 6.45) is 0. The van der Waals surface area contributed by atoms with Crippen LogP contribution in [0.25, 0.3) is 0 Å². The minimum atomic E-state index is -0.365. The zero-order valence-corrected chi connectivity index (χ0v) is 11.2. The van der Waals surface area contributed by atoms with Crippen molar-refractivity contribution in [2.24, 2.45) is 5.73 Å². The van der Waals surface area contributed by atoms with Gasteiger partial charge in [-0.25, -0.2) is 0 Å². The van der Waals surface area contributed by atoms with Gasteiger partial charge < -0.3 is 10.5 Å². The number of anilines is 1. The molecule has 1 heterocycles. The zero-order chi connectivity index (χ0) is 13.7. The van der Waals surface area contributed by atoms with Gasteiger partial charge in [0.05, 0.1) is 5.56 Å². The molecule has 9 heteroatoms. The minimum Gasteiger partial charge on any atom is -0.483 e. The average Bonchev–Trinajstić information content (AvgIpc) is 2.89. The predicted octanol–water partition coefficient (Wildman–Crippen LogP) is 0.585. The van der Waals surface area contributed by atoms with E-state index >= 15 is 0 Å². The van der Waals surface area contributed by atoms with Crippen LogP contribution in [0.1, 0.15) is 5.56 Å². The molecule has 0 saturated carbocycles. The second kappa shape index (κ2) is 6.16. The first-order chi connectivity index (χ1) is 9.16. The first-order valence-corrected chi connectivity index (χ1v) is 6.31. The molecule has 0 unspecified atom stereocenters. The Hall–Kier alpha value is -2.13. The van der Waals surface area contributed by atoms with E-state index in [1.54, 1.807) is 24.3 Å². The maximum atomic E-state index is 11.6. The predicted molar refractivity (Wildman–Crippen MR) is 74.2 cm³/mol. The molecular formula is C10H9N5O2S2. The fourth-order valence-corrected chi connectivity index (χ4v) is 1.83. The van der Waals surface area contributed by atoms with Crippen LogP contribution >= 0.6 is 23.8 Å². The van der Waals surface area contributed by atoms with Crippen molar-refractivity contribution >= 4 is 39.8 Å². The quantitative estimate of drug-likeness (QED) is 0.778. The van der Waals surface area contributed by atoms with Crippen LogP contribution < -0.4 is 15.8 Å². The summed E-state index contributed by atoms with van der Waals surface area (Å²) < 4.78 is 8.89. The number of nitrogens with one attached hydrogen (secondary N) is 1. The summed E-state index contributed by atoms with van der Waals surface area (Å²) in [6, 6.07) is 6.97. The lowest BCUT2D eigenvalue weighted by Gasteiger charge is -2.09. The van der Waals surface area contributed by atoms with Gasteiger partial charge in [0.1, 0.15) is 10.7 Å². The third-order valence-electron chi connectivity index (χ3n) is 2.06. The van der Waals surface area contributed by atoms with Gasteiger partial charge >= 0.3 is 0 Å². The van der Waals surface area contributed by atoms with Crippen LogP contribution in [0.15, 0.2) is 24.3 Å². The highest BCUT2D eigenvalue weighted by molar-refractivity contribution is 7.80. The highest BCUT2D eigenvalue weighted by Gasteiger charge is 2.09. The number of para-hydroxylation sites is 1. The molecule has 1 aromatic heterocycles. The Bertz CT molecular complexity index is 587. The van der Waals surface area contributed by atoms with Gasteiger partial charge in [-0.15, -0.1) is 0 Å². The summed E-state index contributed by atoms with van der Waals surface area (Å²) in [7, 11) is 0. The highest BCUT2D eigenvalue weighted by atomic mass is 32.1. The van der Waals surface area contributed by atoms with E-state index in [1.165, 1.54) is 0 Å². The van der Waals surface area contributed by atoms with Crippen molar-refractivity contribution in [1.82, 2.24) is 14.8 Å². The number of hydrogen-bond acceptors (Lipinski definition) is 7. The van der Waals surface area contributed by atoms with E-state index in [0.717, 1.165) is 11.5 Å². The highest BCUT2D eigenvalue weighted by Crippen LogP contribution is 2.17. The first-order valence-electron chi connectivity index (χ1n) is 5.13. The SMILES string of the molecule is NC(=S)c1ccccc1OCC(=O)Nc1nnns1. The van der Waals surface area contributed by atoms with Crippen molar-refractivity contribution in [3.63, 3.8) is 0 Å². The number of aromatic nitrogens is 3. The second-order valence-corrected chi connectivity index (χ2v) is 4.54. The summed E-state index contributed by atoms with van der Waals surface area (Å²) in [6.45, 7) is -0.181. The number of nitrogens with zero attached hydrogens (tertiary/aromatic N) is 3. The molecular weight excluding hydrogens is 286 g/mol. The van der Waals surface area contributed by atoms with Gasteiger partial charge in [-0.1, -0.05) is 33.9 Å². The first kappa shape index (κ1) is 13.3. The van der Waals surface area contributed by atoms with Crippen LogP contribution in [0.5, 0.6) is 5.75 Å². The lowest BCUT2D eigenvalue weighted by atomic mass is 10.2. The van der Waals surface area contributed by atoms with Gasteiger partial charge in [0, 0.05) is 11.5 Å². The number of benzene rings is 1.